The number of nitrogens with one attached hydrogen (secondary N) is 1. The Balaban J connectivity index is 1.87. The normalized spacial score (nSPS) is 11.8. The van der Waals surface area contributed by atoms with Crippen LogP contribution in [0.2, 0.25) is 0 Å². The number of anilines is 1. The molecule has 0 aliphatic carbocycles. The van der Waals surface area contributed by atoms with Gasteiger partial charge in [0.1, 0.15) is 5.82 Å². The van der Waals surface area contributed by atoms with Gasteiger partial charge < -0.3 is 18.8 Å². The Bertz CT molecular complexity index is 979. The number of aromatic nitrogens is 1. The highest BCUT2D eigenvalue weighted by Gasteiger charge is 2.33. The second-order valence-electron chi connectivity index (χ2n) is 5.79. The first-order valence-electron chi connectivity index (χ1n) is 8.48. The molecule has 0 amide bonds. The van der Waals surface area contributed by atoms with Crippen molar-refractivity contribution < 1.29 is 22.4 Å². The summed E-state index contributed by atoms with van der Waals surface area (Å²) in [5.74, 6) is 0.0968. The van der Waals surface area contributed by atoms with Gasteiger partial charge in [0.25, 0.3) is 0 Å². The average molecular weight is 402 g/mol. The summed E-state index contributed by atoms with van der Waals surface area (Å²) in [6, 6.07) is 15.6. The van der Waals surface area contributed by atoms with E-state index in [2.05, 4.69) is 10.3 Å². The maximum absolute atomic E-state index is 13.1. The molecule has 1 aromatic heterocycles. The minimum absolute atomic E-state index is 0.0484. The molecule has 0 bridgehead atoms. The number of hydrogen-bond donors (Lipinski definition) is 1. The van der Waals surface area contributed by atoms with Gasteiger partial charge in [0.15, 0.2) is 0 Å². The molecule has 0 saturated carbocycles. The Labute approximate surface area is 162 Å². The van der Waals surface area contributed by atoms with Crippen LogP contribution in [0.4, 0.5) is 10.3 Å². The van der Waals surface area contributed by atoms with Crippen LogP contribution in [0, 0.1) is 5.82 Å². The van der Waals surface area contributed by atoms with Crippen LogP contribution in [0.25, 0.3) is 12.2 Å². The largest absolute Gasteiger partial charge is 0.420 e. The predicted molar refractivity (Wildman–Crippen MR) is 107 cm³/mol. The Morgan fingerprint density at radius 3 is 2.39 bits per heavy atom. The quantitative estimate of drug-likeness (QED) is 0.550. The van der Waals surface area contributed by atoms with E-state index < -0.39 is 7.60 Å². The lowest BCUT2D eigenvalue weighted by atomic mass is 10.2. The topological polar surface area (TPSA) is 73.6 Å². The molecule has 0 saturated heterocycles. The Morgan fingerprint density at radius 1 is 1.07 bits per heavy atom. The Kier molecular flexibility index (Phi) is 6.41. The molecule has 3 rings (SSSR count). The maximum atomic E-state index is 13.1. The zero-order valence-corrected chi connectivity index (χ0v) is 16.4. The van der Waals surface area contributed by atoms with Crippen LogP contribution in [0.5, 0.6) is 0 Å². The molecule has 0 unspecified atom stereocenters. The molecule has 8 heteroatoms. The van der Waals surface area contributed by atoms with Gasteiger partial charge >= 0.3 is 7.60 Å². The van der Waals surface area contributed by atoms with Crippen molar-refractivity contribution in [2.24, 2.45) is 0 Å². The minimum Gasteiger partial charge on any atom is -0.420 e. The first-order chi connectivity index (χ1) is 13.5. The second kappa shape index (κ2) is 8.97. The fraction of sp³-hybridized carbons (Fsp3) is 0.150. The first-order valence-corrected chi connectivity index (χ1v) is 10.0. The zero-order chi connectivity index (χ0) is 20.0. The monoisotopic (exact) mass is 402 g/mol. The molecule has 1 N–H and O–H groups in total. The first kappa shape index (κ1) is 20.0. The van der Waals surface area contributed by atoms with Crippen molar-refractivity contribution in [3.8, 4) is 0 Å². The molecule has 3 aromatic rings. The zero-order valence-electron chi connectivity index (χ0n) is 15.5. The summed E-state index contributed by atoms with van der Waals surface area (Å²) < 4.78 is 41.7. The van der Waals surface area contributed by atoms with Crippen LogP contribution in [0.3, 0.4) is 0 Å². The van der Waals surface area contributed by atoms with E-state index in [1.807, 2.05) is 36.4 Å². The van der Waals surface area contributed by atoms with E-state index in [0.29, 0.717) is 6.54 Å². The molecular formula is C20H20FN2O4P. The fourth-order valence-electron chi connectivity index (χ4n) is 2.46. The molecule has 146 valence electrons. The number of rotatable bonds is 8. The standard InChI is InChI=1S/C20H20FN2O4P/c1-25-28(24,26-2)20-19(22-14-16-8-11-17(21)12-9-16)27-18(23-20)13-10-15-6-4-3-5-7-15/h3-13,22H,14H2,1-2H3/b13-10+. The lowest BCUT2D eigenvalue weighted by Gasteiger charge is -2.12. The van der Waals surface area contributed by atoms with E-state index in [1.54, 1.807) is 18.2 Å². The Hall–Kier alpha value is -2.73. The number of nitrogens with zero attached hydrogens (tertiary/aromatic N) is 1. The minimum atomic E-state index is -3.64. The van der Waals surface area contributed by atoms with Gasteiger partial charge in [-0.05, 0) is 29.3 Å². The third-order valence-corrected chi connectivity index (χ3v) is 5.73. The molecule has 0 atom stereocenters. The third-order valence-electron chi connectivity index (χ3n) is 3.95. The highest BCUT2D eigenvalue weighted by Crippen LogP contribution is 2.47. The van der Waals surface area contributed by atoms with Crippen molar-refractivity contribution in [3.63, 3.8) is 0 Å². The third kappa shape index (κ3) is 4.75. The van der Waals surface area contributed by atoms with E-state index in [4.69, 9.17) is 13.5 Å². The highest BCUT2D eigenvalue weighted by molar-refractivity contribution is 7.62. The number of benzene rings is 2. The molecule has 0 spiro atoms. The van der Waals surface area contributed by atoms with Gasteiger partial charge in [-0.3, -0.25) is 4.57 Å². The summed E-state index contributed by atoms with van der Waals surface area (Å²) in [6.45, 7) is 0.317. The van der Waals surface area contributed by atoms with Gasteiger partial charge in [-0.15, -0.1) is 0 Å². The van der Waals surface area contributed by atoms with E-state index in [1.165, 1.54) is 26.4 Å². The second-order valence-corrected chi connectivity index (χ2v) is 7.94. The molecule has 0 aliphatic heterocycles. The van der Waals surface area contributed by atoms with Crippen molar-refractivity contribution in [1.29, 1.82) is 0 Å². The van der Waals surface area contributed by atoms with Gasteiger partial charge in [-0.25, -0.2) is 4.39 Å². The lowest BCUT2D eigenvalue weighted by Crippen LogP contribution is -2.14. The van der Waals surface area contributed by atoms with E-state index >= 15 is 0 Å². The van der Waals surface area contributed by atoms with Crippen molar-refractivity contribution in [2.75, 3.05) is 19.5 Å². The van der Waals surface area contributed by atoms with Gasteiger partial charge in [0, 0.05) is 26.8 Å². The molecule has 2 aromatic carbocycles. The van der Waals surface area contributed by atoms with Crippen LogP contribution in [-0.4, -0.2) is 19.2 Å². The summed E-state index contributed by atoms with van der Waals surface area (Å²) in [6.07, 6.45) is 3.49. The maximum Gasteiger partial charge on any atom is 0.384 e. The predicted octanol–water partition coefficient (Wildman–Crippen LogP) is 4.71. The van der Waals surface area contributed by atoms with Gasteiger partial charge in [-0.2, -0.15) is 4.98 Å². The Morgan fingerprint density at radius 2 is 1.75 bits per heavy atom. The number of halogens is 1. The van der Waals surface area contributed by atoms with Crippen LogP contribution >= 0.6 is 7.60 Å². The van der Waals surface area contributed by atoms with Crippen LogP contribution in [0.15, 0.2) is 59.0 Å². The SMILES string of the molecule is COP(=O)(OC)c1nc(/C=C/c2ccccc2)oc1NCc1ccc(F)cc1. The summed E-state index contributed by atoms with van der Waals surface area (Å²) in [5, 5.41) is 3.02. The molecule has 0 aliphatic rings. The fourth-order valence-corrected chi connectivity index (χ4v) is 3.55. The average Bonchev–Trinajstić information content (AvgIpc) is 3.16. The van der Waals surface area contributed by atoms with E-state index in [9.17, 15) is 8.96 Å². The van der Waals surface area contributed by atoms with Crippen LogP contribution < -0.4 is 10.8 Å². The molecule has 28 heavy (non-hydrogen) atoms. The molecule has 6 nitrogen and oxygen atoms in total. The van der Waals surface area contributed by atoms with Crippen LogP contribution in [-0.2, 0) is 20.2 Å². The summed E-state index contributed by atoms with van der Waals surface area (Å²) in [7, 11) is -1.08. The molecule has 1 heterocycles. The number of oxazole rings is 1. The van der Waals surface area contributed by atoms with Gasteiger partial charge in [0.2, 0.25) is 17.2 Å². The number of hydrogen-bond acceptors (Lipinski definition) is 6. The molecular weight excluding hydrogens is 382 g/mol. The smallest absolute Gasteiger partial charge is 0.384 e. The van der Waals surface area contributed by atoms with Crippen LogP contribution in [0.1, 0.15) is 17.0 Å². The molecule has 0 fully saturated rings. The van der Waals surface area contributed by atoms with Crippen molar-refractivity contribution >= 4 is 31.1 Å². The van der Waals surface area contributed by atoms with Crippen molar-refractivity contribution in [3.05, 3.63) is 77.4 Å². The summed E-state index contributed by atoms with van der Waals surface area (Å²) >= 11 is 0. The van der Waals surface area contributed by atoms with E-state index in [-0.39, 0.29) is 23.0 Å². The molecule has 0 radical (unpaired) electrons. The summed E-state index contributed by atoms with van der Waals surface area (Å²) in [4.78, 5) is 4.28. The van der Waals surface area contributed by atoms with Gasteiger partial charge in [0.05, 0.1) is 0 Å². The lowest BCUT2D eigenvalue weighted by molar-refractivity contribution is 0.286. The van der Waals surface area contributed by atoms with Gasteiger partial charge in [-0.1, -0.05) is 42.5 Å². The highest BCUT2D eigenvalue weighted by atomic mass is 31.2. The van der Waals surface area contributed by atoms with E-state index in [0.717, 1.165) is 11.1 Å². The van der Waals surface area contributed by atoms with Crippen molar-refractivity contribution in [1.82, 2.24) is 4.98 Å². The van der Waals surface area contributed by atoms with Crippen molar-refractivity contribution in [2.45, 2.75) is 6.54 Å². The summed E-state index contributed by atoms with van der Waals surface area (Å²) in [5.41, 5.74) is 1.83.